The van der Waals surface area contributed by atoms with Crippen molar-refractivity contribution in [3.05, 3.63) is 42.2 Å². The molecule has 1 N–H and O–H groups in total. The predicted molar refractivity (Wildman–Crippen MR) is 84.4 cm³/mol. The van der Waals surface area contributed by atoms with Crippen LogP contribution < -0.4 is 5.32 Å². The number of benzene rings is 1. The summed E-state index contributed by atoms with van der Waals surface area (Å²) in [5.41, 5.74) is 1.60. The van der Waals surface area contributed by atoms with Gasteiger partial charge in [-0.2, -0.15) is 13.2 Å². The Hall–Kier alpha value is -2.35. The maximum absolute atomic E-state index is 12.3. The number of rotatable bonds is 5. The first-order valence-corrected chi connectivity index (χ1v) is 8.02. The Morgan fingerprint density at radius 1 is 1.32 bits per heavy atom. The van der Waals surface area contributed by atoms with Gasteiger partial charge in [0.05, 0.1) is 12.6 Å². The molecule has 1 aromatic heterocycles. The first kappa shape index (κ1) is 17.5. The molecule has 5 nitrogen and oxygen atoms in total. The van der Waals surface area contributed by atoms with Gasteiger partial charge in [-0.15, -0.1) is 0 Å². The number of nitrogens with one attached hydrogen (secondary N) is 1. The summed E-state index contributed by atoms with van der Waals surface area (Å²) in [6, 6.07) is 10.7. The van der Waals surface area contributed by atoms with Crippen molar-refractivity contribution in [3.8, 4) is 11.3 Å². The summed E-state index contributed by atoms with van der Waals surface area (Å²) >= 11 is 0. The molecule has 0 saturated carbocycles. The summed E-state index contributed by atoms with van der Waals surface area (Å²) in [4.78, 5) is 13.8. The molecule has 2 aromatic rings. The van der Waals surface area contributed by atoms with Crippen LogP contribution in [0.4, 0.5) is 13.2 Å². The molecule has 1 aliphatic heterocycles. The number of aromatic nitrogens is 1. The number of carbonyl (C=O) groups is 1. The van der Waals surface area contributed by atoms with E-state index in [1.807, 2.05) is 40.5 Å². The Labute approximate surface area is 142 Å². The fourth-order valence-corrected chi connectivity index (χ4v) is 2.95. The smallest absolute Gasteiger partial charge is 0.359 e. The van der Waals surface area contributed by atoms with E-state index in [4.69, 9.17) is 4.52 Å². The van der Waals surface area contributed by atoms with Crippen LogP contribution in [0.2, 0.25) is 0 Å². The van der Waals surface area contributed by atoms with Crippen LogP contribution >= 0.6 is 0 Å². The summed E-state index contributed by atoms with van der Waals surface area (Å²) in [5, 5.41) is 5.98. The third-order valence-corrected chi connectivity index (χ3v) is 4.12. The fraction of sp³-hybridized carbons (Fsp3) is 0.412. The molecule has 1 aromatic carbocycles. The van der Waals surface area contributed by atoms with E-state index in [1.54, 1.807) is 6.07 Å². The minimum Gasteiger partial charge on any atom is -0.359 e. The van der Waals surface area contributed by atoms with Crippen LogP contribution in [0, 0.1) is 0 Å². The Morgan fingerprint density at radius 2 is 2.08 bits per heavy atom. The molecule has 134 valence electrons. The number of amides is 1. The monoisotopic (exact) mass is 353 g/mol. The number of hydrogen-bond acceptors (Lipinski definition) is 4. The highest BCUT2D eigenvalue weighted by Crippen LogP contribution is 2.24. The third-order valence-electron chi connectivity index (χ3n) is 4.12. The molecule has 0 spiro atoms. The standard InChI is InChI=1S/C17H18F3N3O2/c18-17(19,20)11-21-16(24)15-7-4-8-23(15)10-13-9-14(22-25-13)12-5-2-1-3-6-12/h1-3,5-6,9,15H,4,7-8,10-11H2,(H,21,24). The molecule has 0 bridgehead atoms. The minimum absolute atomic E-state index is 0.337. The highest BCUT2D eigenvalue weighted by molar-refractivity contribution is 5.82. The van der Waals surface area contributed by atoms with E-state index < -0.39 is 24.7 Å². The number of carbonyl (C=O) groups excluding carboxylic acids is 1. The molecule has 1 saturated heterocycles. The van der Waals surface area contributed by atoms with E-state index in [-0.39, 0.29) is 0 Å². The van der Waals surface area contributed by atoms with Gasteiger partial charge >= 0.3 is 6.18 Å². The lowest BCUT2D eigenvalue weighted by molar-refractivity contribution is -0.141. The fourth-order valence-electron chi connectivity index (χ4n) is 2.95. The van der Waals surface area contributed by atoms with Crippen molar-refractivity contribution in [1.82, 2.24) is 15.4 Å². The van der Waals surface area contributed by atoms with Crippen LogP contribution in [0.5, 0.6) is 0 Å². The van der Waals surface area contributed by atoms with Gasteiger partial charge < -0.3 is 9.84 Å². The number of halogens is 3. The van der Waals surface area contributed by atoms with Gasteiger partial charge in [0, 0.05) is 11.6 Å². The van der Waals surface area contributed by atoms with Gasteiger partial charge in [0.15, 0.2) is 5.76 Å². The van der Waals surface area contributed by atoms with Crippen LogP contribution in [0.15, 0.2) is 40.9 Å². The van der Waals surface area contributed by atoms with Gasteiger partial charge in [0.1, 0.15) is 12.2 Å². The molecule has 0 aliphatic carbocycles. The lowest BCUT2D eigenvalue weighted by Crippen LogP contribution is -2.45. The lowest BCUT2D eigenvalue weighted by Gasteiger charge is -2.22. The Bertz CT molecular complexity index is 715. The molecule has 0 radical (unpaired) electrons. The third kappa shape index (κ3) is 4.60. The van der Waals surface area contributed by atoms with Crippen molar-refractivity contribution >= 4 is 5.91 Å². The number of hydrogen-bond donors (Lipinski definition) is 1. The Balaban J connectivity index is 1.62. The topological polar surface area (TPSA) is 58.4 Å². The molecule has 1 aliphatic rings. The van der Waals surface area contributed by atoms with E-state index in [0.717, 1.165) is 12.0 Å². The van der Waals surface area contributed by atoms with Crippen LogP contribution in [-0.2, 0) is 11.3 Å². The summed E-state index contributed by atoms with van der Waals surface area (Å²) in [7, 11) is 0. The molecule has 1 atom stereocenters. The molecular formula is C17H18F3N3O2. The summed E-state index contributed by atoms with van der Waals surface area (Å²) < 4.78 is 42.1. The van der Waals surface area contributed by atoms with Crippen molar-refractivity contribution in [3.63, 3.8) is 0 Å². The highest BCUT2D eigenvalue weighted by atomic mass is 19.4. The van der Waals surface area contributed by atoms with Crippen LogP contribution in [0.25, 0.3) is 11.3 Å². The number of nitrogens with zero attached hydrogens (tertiary/aromatic N) is 2. The van der Waals surface area contributed by atoms with Gasteiger partial charge in [-0.05, 0) is 19.4 Å². The van der Waals surface area contributed by atoms with Gasteiger partial charge in [0.25, 0.3) is 0 Å². The zero-order valence-electron chi connectivity index (χ0n) is 13.4. The van der Waals surface area contributed by atoms with Crippen molar-refractivity contribution in [2.24, 2.45) is 0 Å². The number of alkyl halides is 3. The second kappa shape index (κ2) is 7.26. The van der Waals surface area contributed by atoms with E-state index in [0.29, 0.717) is 31.0 Å². The Kier molecular flexibility index (Phi) is 5.08. The summed E-state index contributed by atoms with van der Waals surface area (Å²) in [6.45, 7) is -0.341. The SMILES string of the molecule is O=C(NCC(F)(F)F)C1CCCN1Cc1cc(-c2ccccc2)no1. The normalized spacial score (nSPS) is 18.4. The zero-order valence-corrected chi connectivity index (χ0v) is 13.4. The van der Waals surface area contributed by atoms with Gasteiger partial charge in [-0.25, -0.2) is 0 Å². The molecule has 3 rings (SSSR count). The van der Waals surface area contributed by atoms with Crippen molar-refractivity contribution in [1.29, 1.82) is 0 Å². The molecule has 2 heterocycles. The first-order chi connectivity index (χ1) is 11.9. The van der Waals surface area contributed by atoms with Crippen LogP contribution in [0.1, 0.15) is 18.6 Å². The maximum atomic E-state index is 12.3. The number of likely N-dealkylation sites (tertiary alicyclic amines) is 1. The molecule has 1 unspecified atom stereocenters. The second-order valence-corrected chi connectivity index (χ2v) is 6.01. The molecule has 8 heteroatoms. The average Bonchev–Trinajstić information content (AvgIpc) is 3.23. The largest absolute Gasteiger partial charge is 0.405 e. The van der Waals surface area contributed by atoms with E-state index in [2.05, 4.69) is 5.16 Å². The van der Waals surface area contributed by atoms with E-state index >= 15 is 0 Å². The van der Waals surface area contributed by atoms with E-state index in [9.17, 15) is 18.0 Å². The molecule has 25 heavy (non-hydrogen) atoms. The average molecular weight is 353 g/mol. The van der Waals surface area contributed by atoms with Crippen LogP contribution in [-0.4, -0.2) is 41.3 Å². The lowest BCUT2D eigenvalue weighted by atomic mass is 10.1. The van der Waals surface area contributed by atoms with Crippen molar-refractivity contribution in [2.45, 2.75) is 31.6 Å². The molecule has 1 amide bonds. The van der Waals surface area contributed by atoms with Crippen molar-refractivity contribution < 1.29 is 22.5 Å². The van der Waals surface area contributed by atoms with Gasteiger partial charge in [0.2, 0.25) is 5.91 Å². The van der Waals surface area contributed by atoms with Crippen LogP contribution in [0.3, 0.4) is 0 Å². The van der Waals surface area contributed by atoms with Crippen molar-refractivity contribution in [2.75, 3.05) is 13.1 Å². The quantitative estimate of drug-likeness (QED) is 0.898. The minimum atomic E-state index is -4.41. The molecule has 1 fully saturated rings. The van der Waals surface area contributed by atoms with E-state index in [1.165, 1.54) is 0 Å². The van der Waals surface area contributed by atoms with Gasteiger partial charge in [-0.1, -0.05) is 35.5 Å². The Morgan fingerprint density at radius 3 is 2.80 bits per heavy atom. The molecular weight excluding hydrogens is 335 g/mol. The first-order valence-electron chi connectivity index (χ1n) is 8.02. The predicted octanol–water partition coefficient (Wildman–Crippen LogP) is 2.98. The zero-order chi connectivity index (χ0) is 17.9. The van der Waals surface area contributed by atoms with Gasteiger partial charge in [-0.3, -0.25) is 9.69 Å². The highest BCUT2D eigenvalue weighted by Gasteiger charge is 2.34. The summed E-state index contributed by atoms with van der Waals surface area (Å²) in [5.74, 6) is -0.0213. The maximum Gasteiger partial charge on any atom is 0.405 e. The second-order valence-electron chi connectivity index (χ2n) is 6.01. The summed E-state index contributed by atoms with van der Waals surface area (Å²) in [6.07, 6.45) is -3.12.